The number of hydrogen-bond donors (Lipinski definition) is 1. The van der Waals surface area contributed by atoms with Gasteiger partial charge in [-0.15, -0.1) is 0 Å². The number of sulfonamides is 1. The fraction of sp³-hybridized carbons (Fsp3) is 0.208. The van der Waals surface area contributed by atoms with Gasteiger partial charge in [-0.25, -0.2) is 12.8 Å². The summed E-state index contributed by atoms with van der Waals surface area (Å²) in [6, 6.07) is 20.6. The molecule has 8 heteroatoms. The lowest BCUT2D eigenvalue weighted by Crippen LogP contribution is -2.34. The minimum Gasteiger partial charge on any atom is -0.350 e. The third-order valence-electron chi connectivity index (χ3n) is 5.21. The van der Waals surface area contributed by atoms with E-state index in [1.54, 1.807) is 30.3 Å². The van der Waals surface area contributed by atoms with E-state index in [4.69, 9.17) is 0 Å². The van der Waals surface area contributed by atoms with Crippen molar-refractivity contribution in [2.45, 2.75) is 10.9 Å². The lowest BCUT2D eigenvalue weighted by atomic mass is 10.1. The second-order valence-corrected chi connectivity index (χ2v) is 9.55. The lowest BCUT2D eigenvalue weighted by Gasteiger charge is -2.25. The van der Waals surface area contributed by atoms with E-state index in [1.165, 1.54) is 47.8 Å². The van der Waals surface area contributed by atoms with E-state index >= 15 is 0 Å². The number of hydrogen-bond acceptors (Lipinski definition) is 4. The molecule has 0 bridgehead atoms. The van der Waals surface area contributed by atoms with E-state index in [0.717, 1.165) is 5.56 Å². The highest BCUT2D eigenvalue weighted by Crippen LogP contribution is 2.22. The standard InChI is InChI=1S/C24H26FN3O3S/c1-27(2)23(19-8-7-9-20(25)16-19)17-26-24(29)18-12-14-22(15-13-18)32(30,31)28(3)21-10-5-4-6-11-21/h4-16,23H,17H2,1-3H3,(H,26,29). The Morgan fingerprint density at radius 2 is 1.59 bits per heavy atom. The monoisotopic (exact) mass is 455 g/mol. The Bertz CT molecular complexity index is 1170. The molecule has 6 nitrogen and oxygen atoms in total. The van der Waals surface area contributed by atoms with Crippen molar-refractivity contribution in [2.75, 3.05) is 32.0 Å². The first-order valence-electron chi connectivity index (χ1n) is 10.0. The van der Waals surface area contributed by atoms with Crippen LogP contribution in [0.15, 0.2) is 83.8 Å². The molecule has 3 aromatic carbocycles. The predicted molar refractivity (Wildman–Crippen MR) is 124 cm³/mol. The van der Waals surface area contributed by atoms with Crippen LogP contribution in [-0.2, 0) is 10.0 Å². The maximum atomic E-state index is 13.6. The van der Waals surface area contributed by atoms with Crippen LogP contribution in [0, 0.1) is 5.82 Å². The summed E-state index contributed by atoms with van der Waals surface area (Å²) in [6.45, 7) is 0.270. The number of benzene rings is 3. The summed E-state index contributed by atoms with van der Waals surface area (Å²) in [5.41, 5.74) is 1.63. The molecule has 0 spiro atoms. The van der Waals surface area contributed by atoms with Crippen molar-refractivity contribution in [3.8, 4) is 0 Å². The molecule has 32 heavy (non-hydrogen) atoms. The van der Waals surface area contributed by atoms with Crippen molar-refractivity contribution in [1.82, 2.24) is 10.2 Å². The number of nitrogens with zero attached hydrogens (tertiary/aromatic N) is 2. The minimum atomic E-state index is -3.75. The molecular weight excluding hydrogens is 429 g/mol. The topological polar surface area (TPSA) is 69.7 Å². The molecule has 3 rings (SSSR count). The zero-order valence-corrected chi connectivity index (χ0v) is 19.0. The maximum absolute atomic E-state index is 13.6. The Hall–Kier alpha value is -3.23. The number of amides is 1. The van der Waals surface area contributed by atoms with Crippen molar-refractivity contribution < 1.29 is 17.6 Å². The number of para-hydroxylation sites is 1. The number of carbonyl (C=O) groups excluding carboxylic acids is 1. The highest BCUT2D eigenvalue weighted by molar-refractivity contribution is 7.92. The predicted octanol–water partition coefficient (Wildman–Crippen LogP) is 3.68. The summed E-state index contributed by atoms with van der Waals surface area (Å²) in [5.74, 6) is -0.674. The fourth-order valence-electron chi connectivity index (χ4n) is 3.32. The SMILES string of the molecule is CN(C)C(CNC(=O)c1ccc(S(=O)(=O)N(C)c2ccccc2)cc1)c1cccc(F)c1. The average molecular weight is 456 g/mol. The molecule has 0 fully saturated rings. The van der Waals surface area contributed by atoms with Gasteiger partial charge in [-0.3, -0.25) is 9.10 Å². The summed E-state index contributed by atoms with van der Waals surface area (Å²) < 4.78 is 40.5. The van der Waals surface area contributed by atoms with Gasteiger partial charge in [-0.1, -0.05) is 30.3 Å². The first-order chi connectivity index (χ1) is 15.2. The molecule has 0 aliphatic rings. The molecule has 1 atom stereocenters. The van der Waals surface area contributed by atoms with Gasteiger partial charge < -0.3 is 10.2 Å². The van der Waals surface area contributed by atoms with Gasteiger partial charge >= 0.3 is 0 Å². The van der Waals surface area contributed by atoms with Gasteiger partial charge in [0.25, 0.3) is 15.9 Å². The van der Waals surface area contributed by atoms with Crippen molar-refractivity contribution >= 4 is 21.6 Å². The smallest absolute Gasteiger partial charge is 0.264 e. The van der Waals surface area contributed by atoms with Crippen LogP contribution in [0.3, 0.4) is 0 Å². The maximum Gasteiger partial charge on any atom is 0.264 e. The van der Waals surface area contributed by atoms with Crippen LogP contribution in [0.1, 0.15) is 22.0 Å². The summed E-state index contributed by atoms with van der Waals surface area (Å²) >= 11 is 0. The number of anilines is 1. The highest BCUT2D eigenvalue weighted by atomic mass is 32.2. The zero-order valence-electron chi connectivity index (χ0n) is 18.2. The van der Waals surface area contributed by atoms with Gasteiger partial charge in [-0.2, -0.15) is 0 Å². The van der Waals surface area contributed by atoms with Crippen molar-refractivity contribution in [3.05, 3.63) is 95.8 Å². The molecule has 0 saturated carbocycles. The van der Waals surface area contributed by atoms with Crippen molar-refractivity contribution in [1.29, 1.82) is 0 Å². The van der Waals surface area contributed by atoms with Gasteiger partial charge in [0.15, 0.2) is 0 Å². The summed E-state index contributed by atoms with van der Waals surface area (Å²) in [6.07, 6.45) is 0. The van der Waals surface area contributed by atoms with Crippen LogP contribution in [0.2, 0.25) is 0 Å². The van der Waals surface area contributed by atoms with Gasteiger partial charge in [0.05, 0.1) is 16.6 Å². The molecule has 1 amide bonds. The van der Waals surface area contributed by atoms with Gasteiger partial charge in [-0.05, 0) is 68.2 Å². The highest BCUT2D eigenvalue weighted by Gasteiger charge is 2.22. The third-order valence-corrected chi connectivity index (χ3v) is 7.01. The Morgan fingerprint density at radius 3 is 2.19 bits per heavy atom. The number of rotatable bonds is 8. The second-order valence-electron chi connectivity index (χ2n) is 7.58. The molecule has 3 aromatic rings. The van der Waals surface area contributed by atoms with E-state index in [9.17, 15) is 17.6 Å². The lowest BCUT2D eigenvalue weighted by molar-refractivity contribution is 0.0942. The number of halogens is 1. The van der Waals surface area contributed by atoms with E-state index in [-0.39, 0.29) is 29.2 Å². The Balaban J connectivity index is 1.71. The zero-order chi connectivity index (χ0) is 23.3. The molecular formula is C24H26FN3O3S. The molecule has 0 heterocycles. The van der Waals surface area contributed by atoms with Gasteiger partial charge in [0, 0.05) is 19.2 Å². The van der Waals surface area contributed by atoms with Crippen LogP contribution < -0.4 is 9.62 Å². The van der Waals surface area contributed by atoms with Crippen LogP contribution in [0.4, 0.5) is 10.1 Å². The van der Waals surface area contributed by atoms with E-state index in [0.29, 0.717) is 11.3 Å². The van der Waals surface area contributed by atoms with Crippen LogP contribution in [0.25, 0.3) is 0 Å². The summed E-state index contributed by atoms with van der Waals surface area (Å²) in [7, 11) is 1.44. The number of nitrogens with one attached hydrogen (secondary N) is 1. The molecule has 1 unspecified atom stereocenters. The van der Waals surface area contributed by atoms with Gasteiger partial charge in [0.1, 0.15) is 5.82 Å². The van der Waals surface area contributed by atoms with E-state index in [2.05, 4.69) is 5.32 Å². The van der Waals surface area contributed by atoms with Crippen LogP contribution in [0.5, 0.6) is 0 Å². The fourth-order valence-corrected chi connectivity index (χ4v) is 4.51. The largest absolute Gasteiger partial charge is 0.350 e. The Morgan fingerprint density at radius 1 is 0.938 bits per heavy atom. The Labute approximate surface area is 188 Å². The minimum absolute atomic E-state index is 0.0892. The molecule has 168 valence electrons. The molecule has 0 aliphatic carbocycles. The van der Waals surface area contributed by atoms with E-state index < -0.39 is 10.0 Å². The molecule has 0 saturated heterocycles. The third kappa shape index (κ3) is 5.33. The summed E-state index contributed by atoms with van der Waals surface area (Å²) in [5, 5.41) is 2.84. The molecule has 1 N–H and O–H groups in total. The normalized spacial score (nSPS) is 12.4. The van der Waals surface area contributed by atoms with Crippen molar-refractivity contribution in [2.24, 2.45) is 0 Å². The first kappa shape index (κ1) is 23.4. The number of likely N-dealkylation sites (N-methyl/N-ethyl adjacent to an activating group) is 1. The molecule has 0 aromatic heterocycles. The van der Waals surface area contributed by atoms with Crippen molar-refractivity contribution in [3.63, 3.8) is 0 Å². The van der Waals surface area contributed by atoms with Gasteiger partial charge in [0.2, 0.25) is 0 Å². The Kier molecular flexibility index (Phi) is 7.27. The second kappa shape index (κ2) is 9.93. The quantitative estimate of drug-likeness (QED) is 0.563. The summed E-state index contributed by atoms with van der Waals surface area (Å²) in [4.78, 5) is 14.6. The number of carbonyl (C=O) groups is 1. The molecule has 0 radical (unpaired) electrons. The van der Waals surface area contributed by atoms with Crippen LogP contribution in [-0.4, -0.2) is 46.9 Å². The van der Waals surface area contributed by atoms with Crippen LogP contribution >= 0.6 is 0 Å². The first-order valence-corrected chi connectivity index (χ1v) is 11.5. The van der Waals surface area contributed by atoms with E-state index in [1.807, 2.05) is 31.1 Å². The molecule has 0 aliphatic heterocycles. The average Bonchev–Trinajstić information content (AvgIpc) is 2.79.